The highest BCUT2D eigenvalue weighted by atomic mass is 31.2. The van der Waals surface area contributed by atoms with Gasteiger partial charge in [0.25, 0.3) is 0 Å². The standard InChI is InChI=1S/C47H94NO8P/c1-3-5-7-9-11-13-15-17-19-20-21-22-23-24-26-28-30-32-34-36-38-40-47(51)54-43-45(49)44-56-57(52,53)55-42-41-48-46(50)39-37-35-33-31-29-27-25-18-16-14-12-10-8-6-4-2/h45,49H,3-44H2,1-2H3,(H,48,50)(H,52,53). The first-order valence-electron chi connectivity index (χ1n) is 24.5. The topological polar surface area (TPSA) is 131 Å². The minimum absolute atomic E-state index is 0.0885. The summed E-state index contributed by atoms with van der Waals surface area (Å²) in [6.45, 7) is 3.62. The second-order valence-corrected chi connectivity index (χ2v) is 18.3. The van der Waals surface area contributed by atoms with E-state index in [1.807, 2.05) is 0 Å². The molecule has 2 atom stereocenters. The molecule has 340 valence electrons. The molecule has 0 saturated heterocycles. The van der Waals surface area contributed by atoms with E-state index in [4.69, 9.17) is 13.8 Å². The van der Waals surface area contributed by atoms with Gasteiger partial charge in [-0.05, 0) is 12.8 Å². The average molecular weight is 832 g/mol. The van der Waals surface area contributed by atoms with Crippen LogP contribution in [-0.4, -0.2) is 54.3 Å². The van der Waals surface area contributed by atoms with Crippen molar-refractivity contribution in [2.45, 2.75) is 264 Å². The number of phosphoric ester groups is 1. The van der Waals surface area contributed by atoms with Crippen molar-refractivity contribution in [2.24, 2.45) is 0 Å². The number of carbonyl (C=O) groups is 2. The molecular weight excluding hydrogens is 737 g/mol. The van der Waals surface area contributed by atoms with Crippen molar-refractivity contribution in [3.8, 4) is 0 Å². The molecule has 0 spiro atoms. The molecule has 10 heteroatoms. The summed E-state index contributed by atoms with van der Waals surface area (Å²) < 4.78 is 26.9. The molecule has 0 aliphatic heterocycles. The molecule has 1 amide bonds. The zero-order chi connectivity index (χ0) is 41.8. The first-order chi connectivity index (χ1) is 27.8. The average Bonchev–Trinajstić information content (AvgIpc) is 3.20. The van der Waals surface area contributed by atoms with Gasteiger partial charge < -0.3 is 20.1 Å². The van der Waals surface area contributed by atoms with Crippen LogP contribution in [0.2, 0.25) is 0 Å². The highest BCUT2D eigenvalue weighted by Gasteiger charge is 2.23. The van der Waals surface area contributed by atoms with E-state index in [1.54, 1.807) is 0 Å². The van der Waals surface area contributed by atoms with Gasteiger partial charge in [0.2, 0.25) is 5.91 Å². The Kier molecular flexibility index (Phi) is 43.8. The molecular formula is C47H94NO8P. The second kappa shape index (κ2) is 44.6. The van der Waals surface area contributed by atoms with Crippen LogP contribution in [0.25, 0.3) is 0 Å². The van der Waals surface area contributed by atoms with E-state index in [-0.39, 0.29) is 25.7 Å². The quantitative estimate of drug-likeness (QED) is 0.0314. The van der Waals surface area contributed by atoms with Crippen molar-refractivity contribution in [2.75, 3.05) is 26.4 Å². The van der Waals surface area contributed by atoms with E-state index in [2.05, 4.69) is 19.2 Å². The first-order valence-corrected chi connectivity index (χ1v) is 26.0. The fourth-order valence-corrected chi connectivity index (χ4v) is 8.08. The predicted octanol–water partition coefficient (Wildman–Crippen LogP) is 14.0. The highest BCUT2D eigenvalue weighted by molar-refractivity contribution is 7.47. The summed E-state index contributed by atoms with van der Waals surface area (Å²) in [5.41, 5.74) is 0. The summed E-state index contributed by atoms with van der Waals surface area (Å²) >= 11 is 0. The maximum Gasteiger partial charge on any atom is 0.472 e. The summed E-state index contributed by atoms with van der Waals surface area (Å²) in [5.74, 6) is -0.500. The molecule has 0 aromatic carbocycles. The molecule has 0 aliphatic rings. The zero-order valence-electron chi connectivity index (χ0n) is 37.6. The Balaban J connectivity index is 3.51. The molecule has 0 radical (unpaired) electrons. The number of ether oxygens (including phenoxy) is 1. The van der Waals surface area contributed by atoms with Crippen molar-refractivity contribution in [1.82, 2.24) is 5.32 Å². The van der Waals surface area contributed by atoms with Crippen LogP contribution < -0.4 is 5.32 Å². The van der Waals surface area contributed by atoms with E-state index in [0.29, 0.717) is 12.8 Å². The largest absolute Gasteiger partial charge is 0.472 e. The molecule has 9 nitrogen and oxygen atoms in total. The van der Waals surface area contributed by atoms with Crippen LogP contribution in [0.1, 0.15) is 258 Å². The smallest absolute Gasteiger partial charge is 0.463 e. The Morgan fingerprint density at radius 1 is 0.474 bits per heavy atom. The molecule has 0 saturated carbocycles. The fraction of sp³-hybridized carbons (Fsp3) is 0.957. The van der Waals surface area contributed by atoms with Gasteiger partial charge in [0.05, 0.1) is 13.2 Å². The predicted molar refractivity (Wildman–Crippen MR) is 238 cm³/mol. The number of unbranched alkanes of at least 4 members (excludes halogenated alkanes) is 34. The summed E-state index contributed by atoms with van der Waals surface area (Å²) in [5, 5.41) is 12.7. The van der Waals surface area contributed by atoms with Gasteiger partial charge in [-0.15, -0.1) is 0 Å². The third-order valence-electron chi connectivity index (χ3n) is 11.0. The van der Waals surface area contributed by atoms with Crippen LogP contribution >= 0.6 is 7.82 Å². The van der Waals surface area contributed by atoms with Crippen molar-refractivity contribution in [3.63, 3.8) is 0 Å². The van der Waals surface area contributed by atoms with Crippen LogP contribution in [0.15, 0.2) is 0 Å². The summed E-state index contributed by atoms with van der Waals surface area (Å²) in [6.07, 6.45) is 46.1. The number of hydrogen-bond donors (Lipinski definition) is 3. The van der Waals surface area contributed by atoms with Gasteiger partial charge in [0.1, 0.15) is 12.7 Å². The Bertz CT molecular complexity index is 907. The Morgan fingerprint density at radius 3 is 1.14 bits per heavy atom. The van der Waals surface area contributed by atoms with Crippen LogP contribution in [-0.2, 0) is 27.9 Å². The third-order valence-corrected chi connectivity index (χ3v) is 12.0. The fourth-order valence-electron chi connectivity index (χ4n) is 7.32. The Morgan fingerprint density at radius 2 is 0.789 bits per heavy atom. The number of aliphatic hydroxyl groups excluding tert-OH is 1. The highest BCUT2D eigenvalue weighted by Crippen LogP contribution is 2.42. The normalized spacial score (nSPS) is 13.1. The number of nitrogens with one attached hydrogen (secondary N) is 1. The van der Waals surface area contributed by atoms with E-state index < -0.39 is 26.5 Å². The number of phosphoric acid groups is 1. The molecule has 0 bridgehead atoms. The van der Waals surface area contributed by atoms with Gasteiger partial charge in [-0.3, -0.25) is 18.6 Å². The lowest BCUT2D eigenvalue weighted by Crippen LogP contribution is -2.27. The summed E-state index contributed by atoms with van der Waals surface area (Å²) in [4.78, 5) is 34.0. The van der Waals surface area contributed by atoms with Crippen LogP contribution in [0, 0.1) is 0 Å². The van der Waals surface area contributed by atoms with Crippen molar-refractivity contribution in [3.05, 3.63) is 0 Å². The minimum Gasteiger partial charge on any atom is -0.463 e. The lowest BCUT2D eigenvalue weighted by Gasteiger charge is -2.15. The maximum atomic E-state index is 12.1. The molecule has 0 heterocycles. The first kappa shape index (κ1) is 56.0. The molecule has 0 rings (SSSR count). The van der Waals surface area contributed by atoms with Gasteiger partial charge in [-0.1, -0.05) is 232 Å². The van der Waals surface area contributed by atoms with Gasteiger partial charge in [-0.2, -0.15) is 0 Å². The molecule has 0 aromatic heterocycles. The van der Waals surface area contributed by atoms with E-state index in [0.717, 1.165) is 38.5 Å². The van der Waals surface area contributed by atoms with Crippen LogP contribution in [0.3, 0.4) is 0 Å². The number of carbonyl (C=O) groups excluding carboxylic acids is 2. The molecule has 2 unspecified atom stereocenters. The zero-order valence-corrected chi connectivity index (χ0v) is 38.5. The van der Waals surface area contributed by atoms with Gasteiger partial charge in [0, 0.05) is 19.4 Å². The summed E-state index contributed by atoms with van der Waals surface area (Å²) in [7, 11) is -4.41. The van der Waals surface area contributed by atoms with Crippen molar-refractivity contribution < 1.29 is 37.9 Å². The van der Waals surface area contributed by atoms with E-state index in [1.165, 1.54) is 193 Å². The van der Waals surface area contributed by atoms with Crippen LogP contribution in [0.4, 0.5) is 0 Å². The summed E-state index contributed by atoms with van der Waals surface area (Å²) in [6, 6.07) is 0. The lowest BCUT2D eigenvalue weighted by molar-refractivity contribution is -0.147. The molecule has 0 aromatic rings. The van der Waals surface area contributed by atoms with Crippen LogP contribution in [0.5, 0.6) is 0 Å². The molecule has 3 N–H and O–H groups in total. The van der Waals surface area contributed by atoms with Gasteiger partial charge in [0.15, 0.2) is 0 Å². The number of aliphatic hydroxyl groups is 1. The van der Waals surface area contributed by atoms with Gasteiger partial charge >= 0.3 is 13.8 Å². The SMILES string of the molecule is CCCCCCCCCCCCCCCCCCCCCCCC(=O)OCC(O)COP(=O)(O)OCCNC(=O)CCCCCCCCCCCCCCCCC. The molecule has 0 fully saturated rings. The monoisotopic (exact) mass is 832 g/mol. The maximum absolute atomic E-state index is 12.1. The second-order valence-electron chi connectivity index (χ2n) is 16.8. The third kappa shape index (κ3) is 45.9. The Hall–Kier alpha value is -0.990. The number of hydrogen-bond acceptors (Lipinski definition) is 7. The van der Waals surface area contributed by atoms with Crippen molar-refractivity contribution in [1.29, 1.82) is 0 Å². The number of esters is 1. The van der Waals surface area contributed by atoms with E-state index in [9.17, 15) is 24.2 Å². The van der Waals surface area contributed by atoms with E-state index >= 15 is 0 Å². The molecule has 57 heavy (non-hydrogen) atoms. The lowest BCUT2D eigenvalue weighted by atomic mass is 10.0. The van der Waals surface area contributed by atoms with Gasteiger partial charge in [-0.25, -0.2) is 4.57 Å². The molecule has 0 aliphatic carbocycles. The Labute approximate surface area is 352 Å². The number of amides is 1. The number of rotatable bonds is 47. The minimum atomic E-state index is -4.41. The van der Waals surface area contributed by atoms with Crippen molar-refractivity contribution >= 4 is 19.7 Å².